The van der Waals surface area contributed by atoms with E-state index in [1.54, 1.807) is 29.2 Å². The minimum Gasteiger partial charge on any atom is -0.494 e. The van der Waals surface area contributed by atoms with Crippen molar-refractivity contribution in [2.45, 2.75) is 32.1 Å². The first-order chi connectivity index (χ1) is 18.9. The maximum atomic E-state index is 13.5. The Morgan fingerprint density at radius 1 is 1.05 bits per heavy atom. The van der Waals surface area contributed by atoms with Crippen molar-refractivity contribution in [3.05, 3.63) is 77.9 Å². The van der Waals surface area contributed by atoms with Crippen molar-refractivity contribution >= 4 is 45.9 Å². The monoisotopic (exact) mass is 545 g/mol. The molecule has 0 aromatic heterocycles. The summed E-state index contributed by atoms with van der Waals surface area (Å²) < 4.78 is 16.4. The summed E-state index contributed by atoms with van der Waals surface area (Å²) in [5.41, 5.74) is 2.63. The van der Waals surface area contributed by atoms with Gasteiger partial charge in [-0.2, -0.15) is 0 Å². The van der Waals surface area contributed by atoms with Crippen molar-refractivity contribution in [3.8, 4) is 17.2 Å². The van der Waals surface area contributed by atoms with Crippen LogP contribution in [-0.2, 0) is 16.1 Å². The van der Waals surface area contributed by atoms with Crippen molar-refractivity contribution < 1.29 is 28.6 Å². The van der Waals surface area contributed by atoms with E-state index in [2.05, 4.69) is 5.32 Å². The van der Waals surface area contributed by atoms with Gasteiger partial charge in [0.2, 0.25) is 18.6 Å². The Morgan fingerprint density at radius 3 is 2.51 bits per heavy atom. The number of nitrogens with one attached hydrogen (secondary N) is 1. The Morgan fingerprint density at radius 2 is 1.79 bits per heavy atom. The number of ketones is 1. The lowest BCUT2D eigenvalue weighted by atomic mass is 10.1. The van der Waals surface area contributed by atoms with E-state index in [0.29, 0.717) is 40.2 Å². The van der Waals surface area contributed by atoms with Crippen LogP contribution in [0.3, 0.4) is 0 Å². The van der Waals surface area contributed by atoms with Gasteiger partial charge >= 0.3 is 0 Å². The molecule has 1 fully saturated rings. The number of amidine groups is 1. The van der Waals surface area contributed by atoms with Crippen molar-refractivity contribution in [3.63, 3.8) is 0 Å². The molecule has 2 aliphatic heterocycles. The molecule has 3 aromatic carbocycles. The number of benzene rings is 3. The van der Waals surface area contributed by atoms with Crippen LogP contribution in [0.1, 0.15) is 36.2 Å². The number of anilines is 1. The van der Waals surface area contributed by atoms with Crippen molar-refractivity contribution in [2.75, 3.05) is 18.7 Å². The number of hydrogen-bond acceptors (Lipinski definition) is 8. The number of Topliss-reactive ketones (excluding diaryl/α,β-unsaturated/α-hetero) is 1. The zero-order valence-electron chi connectivity index (χ0n) is 21.5. The third kappa shape index (κ3) is 6.23. The number of thioether (sulfide) groups is 1. The molecule has 5 rings (SSSR count). The number of aliphatic imine (C=N–C) groups is 1. The molecular formula is C29H27N3O6S. The number of rotatable bonds is 9. The summed E-state index contributed by atoms with van der Waals surface area (Å²) >= 11 is 1.26. The van der Waals surface area contributed by atoms with Crippen molar-refractivity contribution in [1.29, 1.82) is 0 Å². The molecule has 2 aliphatic rings. The highest BCUT2D eigenvalue weighted by molar-refractivity contribution is 8.15. The lowest BCUT2D eigenvalue weighted by Crippen LogP contribution is -2.33. The zero-order valence-corrected chi connectivity index (χ0v) is 22.3. The first kappa shape index (κ1) is 26.3. The highest BCUT2D eigenvalue weighted by Gasteiger charge is 2.39. The molecular weight excluding hydrogens is 518 g/mol. The number of carbonyl (C=O) groups excluding carboxylic acids is 3. The Kier molecular flexibility index (Phi) is 7.83. The van der Waals surface area contributed by atoms with Crippen molar-refractivity contribution in [1.82, 2.24) is 4.90 Å². The second-order valence-electron chi connectivity index (χ2n) is 8.93. The predicted octanol–water partition coefficient (Wildman–Crippen LogP) is 5.18. The Hall–Kier alpha value is -4.31. The largest absolute Gasteiger partial charge is 0.494 e. The molecule has 1 unspecified atom stereocenters. The molecule has 1 N–H and O–H groups in total. The fourth-order valence-electron chi connectivity index (χ4n) is 4.16. The van der Waals surface area contributed by atoms with Gasteiger partial charge in [-0.15, -0.1) is 0 Å². The number of carbonyl (C=O) groups is 3. The van der Waals surface area contributed by atoms with E-state index in [-0.39, 0.29) is 37.4 Å². The molecule has 10 heteroatoms. The number of amides is 2. The minimum atomic E-state index is -0.642. The molecule has 2 amide bonds. The quantitative estimate of drug-likeness (QED) is 0.370. The van der Waals surface area contributed by atoms with Crippen LogP contribution in [0.15, 0.2) is 71.7 Å². The summed E-state index contributed by atoms with van der Waals surface area (Å²) in [5, 5.41) is 2.68. The lowest BCUT2D eigenvalue weighted by molar-refractivity contribution is -0.128. The summed E-state index contributed by atoms with van der Waals surface area (Å²) in [6, 6.07) is 19.5. The van der Waals surface area contributed by atoms with Gasteiger partial charge in [0.25, 0.3) is 0 Å². The molecule has 0 radical (unpaired) electrons. The summed E-state index contributed by atoms with van der Waals surface area (Å²) in [5.74, 6) is 1.46. The lowest BCUT2D eigenvalue weighted by Gasteiger charge is -2.17. The topological polar surface area (TPSA) is 107 Å². The van der Waals surface area contributed by atoms with E-state index < -0.39 is 5.25 Å². The Labute approximate surface area is 230 Å². The fourth-order valence-corrected chi connectivity index (χ4v) is 5.31. The number of nitrogens with zero attached hydrogens (tertiary/aromatic N) is 2. The van der Waals surface area contributed by atoms with Crippen LogP contribution in [-0.4, -0.2) is 46.3 Å². The van der Waals surface area contributed by atoms with Crippen LogP contribution >= 0.6 is 11.8 Å². The molecule has 39 heavy (non-hydrogen) atoms. The molecule has 200 valence electrons. The first-order valence-corrected chi connectivity index (χ1v) is 13.4. The Balaban J connectivity index is 1.34. The molecule has 9 nitrogen and oxygen atoms in total. The maximum Gasteiger partial charge on any atom is 0.242 e. The van der Waals surface area contributed by atoms with E-state index >= 15 is 0 Å². The molecule has 1 atom stereocenters. The van der Waals surface area contributed by atoms with Crippen LogP contribution in [0.25, 0.3) is 0 Å². The molecule has 0 aliphatic carbocycles. The second-order valence-corrected chi connectivity index (χ2v) is 10.1. The molecule has 3 aromatic rings. The van der Waals surface area contributed by atoms with Crippen LogP contribution in [0.2, 0.25) is 0 Å². The van der Waals surface area contributed by atoms with E-state index in [0.717, 1.165) is 11.3 Å². The van der Waals surface area contributed by atoms with Crippen LogP contribution in [0, 0.1) is 0 Å². The van der Waals surface area contributed by atoms with Gasteiger partial charge in [-0.3, -0.25) is 19.3 Å². The predicted molar refractivity (Wildman–Crippen MR) is 149 cm³/mol. The summed E-state index contributed by atoms with van der Waals surface area (Å²) in [6.45, 7) is 4.39. The SMILES string of the molecule is CCOc1ccc(N=C2SC(CC(=O)Nc3ccc(C(C)=O)cc3)C(=O)N2Cc2ccc3c(c2)OCO3)cc1. The molecule has 0 bridgehead atoms. The molecule has 0 spiro atoms. The average Bonchev–Trinajstić information content (AvgIpc) is 3.50. The van der Waals surface area contributed by atoms with Gasteiger partial charge in [-0.25, -0.2) is 4.99 Å². The fraction of sp³-hybridized carbons (Fsp3) is 0.241. The van der Waals surface area contributed by atoms with Gasteiger partial charge in [-0.1, -0.05) is 17.8 Å². The molecule has 2 heterocycles. The molecule has 1 saturated heterocycles. The van der Waals surface area contributed by atoms with E-state index in [1.165, 1.54) is 18.7 Å². The van der Waals surface area contributed by atoms with Crippen LogP contribution in [0.5, 0.6) is 17.2 Å². The van der Waals surface area contributed by atoms with Gasteiger partial charge in [0.1, 0.15) is 11.0 Å². The van der Waals surface area contributed by atoms with Crippen LogP contribution in [0.4, 0.5) is 11.4 Å². The number of hydrogen-bond donors (Lipinski definition) is 1. The van der Waals surface area contributed by atoms with Gasteiger partial charge in [0, 0.05) is 17.7 Å². The standard InChI is InChI=1S/C29H27N3O6S/c1-3-36-23-11-9-22(10-12-23)31-29-32(16-19-4-13-24-25(14-19)38-17-37-24)28(35)26(39-29)15-27(34)30-21-7-5-20(6-8-21)18(2)33/h4-14,26H,3,15-17H2,1-2H3,(H,30,34). The zero-order chi connectivity index (χ0) is 27.4. The minimum absolute atomic E-state index is 0.0299. The highest BCUT2D eigenvalue weighted by atomic mass is 32.2. The summed E-state index contributed by atoms with van der Waals surface area (Å²) in [6.07, 6.45) is -0.0299. The number of ether oxygens (including phenoxy) is 3. The van der Waals surface area contributed by atoms with Gasteiger partial charge in [0.05, 0.1) is 18.8 Å². The van der Waals surface area contributed by atoms with Crippen LogP contribution < -0.4 is 19.5 Å². The third-order valence-electron chi connectivity index (χ3n) is 6.12. The van der Waals surface area contributed by atoms with E-state index in [4.69, 9.17) is 19.2 Å². The van der Waals surface area contributed by atoms with E-state index in [9.17, 15) is 14.4 Å². The highest BCUT2D eigenvalue weighted by Crippen LogP contribution is 2.36. The molecule has 0 saturated carbocycles. The van der Waals surface area contributed by atoms with Crippen molar-refractivity contribution in [2.24, 2.45) is 4.99 Å². The Bertz CT molecular complexity index is 1420. The maximum absolute atomic E-state index is 13.5. The van der Waals surface area contributed by atoms with Gasteiger partial charge in [-0.05, 0) is 80.1 Å². The van der Waals surface area contributed by atoms with Gasteiger partial charge in [0.15, 0.2) is 22.4 Å². The number of fused-ring (bicyclic) bond motifs is 1. The average molecular weight is 546 g/mol. The van der Waals surface area contributed by atoms with Gasteiger partial charge < -0.3 is 19.5 Å². The summed E-state index contributed by atoms with van der Waals surface area (Å²) in [7, 11) is 0. The van der Waals surface area contributed by atoms with E-state index in [1.807, 2.05) is 49.4 Å². The summed E-state index contributed by atoms with van der Waals surface area (Å²) in [4.78, 5) is 44.2. The first-order valence-electron chi connectivity index (χ1n) is 12.5. The normalized spacial score (nSPS) is 17.0. The third-order valence-corrected chi connectivity index (χ3v) is 7.29. The second kappa shape index (κ2) is 11.6. The smallest absolute Gasteiger partial charge is 0.242 e.